The van der Waals surface area contributed by atoms with Gasteiger partial charge in [-0.25, -0.2) is 0 Å². The van der Waals surface area contributed by atoms with Crippen LogP contribution in [0.5, 0.6) is 5.75 Å². The molecule has 0 aliphatic carbocycles. The summed E-state index contributed by atoms with van der Waals surface area (Å²) in [5.41, 5.74) is 3.88. The van der Waals surface area contributed by atoms with Crippen molar-refractivity contribution < 1.29 is 14.3 Å². The van der Waals surface area contributed by atoms with Gasteiger partial charge >= 0.3 is 0 Å². The second-order valence-electron chi connectivity index (χ2n) is 7.01. The van der Waals surface area contributed by atoms with E-state index in [1.54, 1.807) is 20.2 Å². The SMILES string of the molecule is COc1cccc(-n2c(C)cc(C(=O)N(C)CC(=O)Nc3ccccc3Br)c2C)c1. The number of para-hydroxylation sites is 1. The van der Waals surface area contributed by atoms with Crippen LogP contribution in [0.3, 0.4) is 0 Å². The number of carbonyl (C=O) groups is 2. The summed E-state index contributed by atoms with van der Waals surface area (Å²) >= 11 is 3.40. The predicted octanol–water partition coefficient (Wildman–Crippen LogP) is 4.58. The summed E-state index contributed by atoms with van der Waals surface area (Å²) < 4.78 is 8.10. The standard InChI is InChI=1S/C23H24BrN3O3/c1-15-12-19(16(2)27(15)17-8-7-9-18(13-17)30-4)23(29)26(3)14-22(28)25-21-11-6-5-10-20(21)24/h5-13H,14H2,1-4H3,(H,25,28). The molecule has 1 N–H and O–H groups in total. The summed E-state index contributed by atoms with van der Waals surface area (Å²) in [6.45, 7) is 3.79. The van der Waals surface area contributed by atoms with Crippen LogP contribution in [0, 0.1) is 13.8 Å². The summed E-state index contributed by atoms with van der Waals surface area (Å²) in [4.78, 5) is 26.9. The first-order valence-electron chi connectivity index (χ1n) is 9.45. The van der Waals surface area contributed by atoms with Crippen LogP contribution in [0.4, 0.5) is 5.69 Å². The Bertz CT molecular complexity index is 1090. The summed E-state index contributed by atoms with van der Waals surface area (Å²) in [5, 5.41) is 2.82. The van der Waals surface area contributed by atoms with Gasteiger partial charge in [0.05, 0.1) is 24.9 Å². The third-order valence-electron chi connectivity index (χ3n) is 4.85. The van der Waals surface area contributed by atoms with Crippen molar-refractivity contribution in [3.63, 3.8) is 0 Å². The highest BCUT2D eigenvalue weighted by atomic mass is 79.9. The van der Waals surface area contributed by atoms with Gasteiger partial charge in [0, 0.05) is 34.7 Å². The number of nitrogens with zero attached hydrogens (tertiary/aromatic N) is 2. The van der Waals surface area contributed by atoms with Crippen molar-refractivity contribution in [2.45, 2.75) is 13.8 Å². The van der Waals surface area contributed by atoms with E-state index in [0.29, 0.717) is 11.3 Å². The van der Waals surface area contributed by atoms with E-state index >= 15 is 0 Å². The van der Waals surface area contributed by atoms with Crippen molar-refractivity contribution in [3.05, 3.63) is 76.0 Å². The Morgan fingerprint density at radius 1 is 1.10 bits per heavy atom. The van der Waals surface area contributed by atoms with E-state index in [9.17, 15) is 9.59 Å². The van der Waals surface area contributed by atoms with Gasteiger partial charge in [0.1, 0.15) is 5.75 Å². The molecular formula is C23H24BrN3O3. The minimum atomic E-state index is -0.264. The Morgan fingerprint density at radius 3 is 2.53 bits per heavy atom. The van der Waals surface area contributed by atoms with Gasteiger partial charge in [0.2, 0.25) is 5.91 Å². The maximum absolute atomic E-state index is 13.0. The molecule has 0 saturated carbocycles. The molecule has 2 amide bonds. The zero-order valence-corrected chi connectivity index (χ0v) is 19.0. The number of anilines is 1. The van der Waals surface area contributed by atoms with Crippen LogP contribution < -0.4 is 10.1 Å². The molecule has 156 valence electrons. The number of methoxy groups -OCH3 is 1. The average Bonchev–Trinajstić information content (AvgIpc) is 3.03. The molecule has 6 nitrogen and oxygen atoms in total. The molecular weight excluding hydrogens is 446 g/mol. The number of nitrogens with one attached hydrogen (secondary N) is 1. The lowest BCUT2D eigenvalue weighted by molar-refractivity contribution is -0.116. The van der Waals surface area contributed by atoms with Crippen molar-refractivity contribution in [1.82, 2.24) is 9.47 Å². The first-order valence-corrected chi connectivity index (χ1v) is 10.2. The highest BCUT2D eigenvalue weighted by Gasteiger charge is 2.21. The highest BCUT2D eigenvalue weighted by Crippen LogP contribution is 2.25. The number of carbonyl (C=O) groups excluding carboxylic acids is 2. The van der Waals surface area contributed by atoms with Gasteiger partial charge in [-0.15, -0.1) is 0 Å². The third-order valence-corrected chi connectivity index (χ3v) is 5.54. The molecule has 1 aromatic heterocycles. The zero-order valence-electron chi connectivity index (χ0n) is 17.4. The van der Waals surface area contributed by atoms with Crippen LogP contribution in [0.2, 0.25) is 0 Å². The monoisotopic (exact) mass is 469 g/mol. The number of rotatable bonds is 6. The fourth-order valence-corrected chi connectivity index (χ4v) is 3.76. The average molecular weight is 470 g/mol. The Morgan fingerprint density at radius 2 is 1.83 bits per heavy atom. The lowest BCUT2D eigenvalue weighted by atomic mass is 10.2. The normalized spacial score (nSPS) is 10.6. The van der Waals surface area contributed by atoms with Crippen molar-refractivity contribution in [2.75, 3.05) is 26.0 Å². The van der Waals surface area contributed by atoms with Crippen LogP contribution in [0.25, 0.3) is 5.69 Å². The van der Waals surface area contributed by atoms with E-state index in [-0.39, 0.29) is 18.4 Å². The number of hydrogen-bond acceptors (Lipinski definition) is 3. The maximum Gasteiger partial charge on any atom is 0.255 e. The number of ether oxygens (including phenoxy) is 1. The lowest BCUT2D eigenvalue weighted by Crippen LogP contribution is -2.35. The minimum Gasteiger partial charge on any atom is -0.497 e. The van der Waals surface area contributed by atoms with Crippen LogP contribution in [-0.2, 0) is 4.79 Å². The molecule has 30 heavy (non-hydrogen) atoms. The molecule has 3 rings (SSSR count). The Hall–Kier alpha value is -3.06. The second-order valence-corrected chi connectivity index (χ2v) is 7.87. The molecule has 0 aliphatic rings. The summed E-state index contributed by atoms with van der Waals surface area (Å²) in [7, 11) is 3.25. The molecule has 0 bridgehead atoms. The van der Waals surface area contributed by atoms with Crippen LogP contribution in [0.15, 0.2) is 59.1 Å². The van der Waals surface area contributed by atoms with Gasteiger partial charge in [-0.3, -0.25) is 9.59 Å². The van der Waals surface area contributed by atoms with E-state index in [0.717, 1.165) is 27.3 Å². The smallest absolute Gasteiger partial charge is 0.255 e. The largest absolute Gasteiger partial charge is 0.497 e. The molecule has 0 saturated heterocycles. The Labute approximate surface area is 184 Å². The van der Waals surface area contributed by atoms with Crippen molar-refractivity contribution in [2.24, 2.45) is 0 Å². The number of aromatic nitrogens is 1. The zero-order chi connectivity index (χ0) is 21.8. The van der Waals surface area contributed by atoms with E-state index in [1.807, 2.05) is 66.9 Å². The molecule has 0 spiro atoms. The van der Waals surface area contributed by atoms with Gasteiger partial charge in [-0.1, -0.05) is 18.2 Å². The van der Waals surface area contributed by atoms with Gasteiger partial charge in [-0.05, 0) is 60.1 Å². The summed E-state index contributed by atoms with van der Waals surface area (Å²) in [6, 6.07) is 16.9. The number of hydrogen-bond donors (Lipinski definition) is 1. The van der Waals surface area contributed by atoms with Crippen molar-refractivity contribution in [3.8, 4) is 11.4 Å². The van der Waals surface area contributed by atoms with Crippen molar-refractivity contribution in [1.29, 1.82) is 0 Å². The number of halogens is 1. The number of benzene rings is 2. The van der Waals surface area contributed by atoms with E-state index < -0.39 is 0 Å². The molecule has 0 atom stereocenters. The minimum absolute atomic E-state index is 0.0526. The maximum atomic E-state index is 13.0. The van der Waals surface area contributed by atoms with Gasteiger partial charge in [-0.2, -0.15) is 0 Å². The third kappa shape index (κ3) is 4.57. The van der Waals surface area contributed by atoms with Crippen LogP contribution in [-0.4, -0.2) is 42.0 Å². The number of aryl methyl sites for hydroxylation is 1. The molecule has 2 aromatic carbocycles. The quantitative estimate of drug-likeness (QED) is 0.574. The Balaban J connectivity index is 1.78. The Kier molecular flexibility index (Phi) is 6.62. The molecule has 0 radical (unpaired) electrons. The first kappa shape index (κ1) is 21.6. The number of likely N-dealkylation sites (N-methyl/N-ethyl adjacent to an activating group) is 1. The van der Waals surface area contributed by atoms with E-state index in [1.165, 1.54) is 4.90 Å². The fourth-order valence-electron chi connectivity index (χ4n) is 3.37. The summed E-state index contributed by atoms with van der Waals surface area (Å²) in [5.74, 6) is 0.271. The molecule has 0 aliphatic heterocycles. The van der Waals surface area contributed by atoms with Crippen molar-refractivity contribution >= 4 is 33.4 Å². The van der Waals surface area contributed by atoms with Crippen LogP contribution in [0.1, 0.15) is 21.7 Å². The van der Waals surface area contributed by atoms with E-state index in [4.69, 9.17) is 4.74 Å². The highest BCUT2D eigenvalue weighted by molar-refractivity contribution is 9.10. The number of amides is 2. The molecule has 0 fully saturated rings. The first-order chi connectivity index (χ1) is 14.3. The topological polar surface area (TPSA) is 63.6 Å². The van der Waals surface area contributed by atoms with Gasteiger partial charge in [0.25, 0.3) is 5.91 Å². The molecule has 3 aromatic rings. The van der Waals surface area contributed by atoms with Crippen LogP contribution >= 0.6 is 15.9 Å². The predicted molar refractivity (Wildman–Crippen MR) is 122 cm³/mol. The molecule has 7 heteroatoms. The van der Waals surface area contributed by atoms with Gasteiger partial charge < -0.3 is 19.5 Å². The van der Waals surface area contributed by atoms with Gasteiger partial charge in [0.15, 0.2) is 0 Å². The van der Waals surface area contributed by atoms with E-state index in [2.05, 4.69) is 21.2 Å². The second kappa shape index (κ2) is 9.17. The lowest BCUT2D eigenvalue weighted by Gasteiger charge is -2.17. The summed E-state index contributed by atoms with van der Waals surface area (Å²) in [6.07, 6.45) is 0. The molecule has 0 unspecified atom stereocenters. The fraction of sp³-hybridized carbons (Fsp3) is 0.217. The molecule has 1 heterocycles.